The number of nitrogens with zero attached hydrogens (tertiary/aromatic N) is 1. The van der Waals surface area contributed by atoms with Crippen molar-refractivity contribution in [2.45, 2.75) is 26.4 Å². The van der Waals surface area contributed by atoms with Crippen molar-refractivity contribution in [3.8, 4) is 0 Å². The molecule has 0 aliphatic heterocycles. The zero-order chi connectivity index (χ0) is 27.4. The molecule has 0 saturated heterocycles. The number of para-hydroxylation sites is 2. The second kappa shape index (κ2) is 12.6. The van der Waals surface area contributed by atoms with Gasteiger partial charge in [0.15, 0.2) is 0 Å². The van der Waals surface area contributed by atoms with Gasteiger partial charge in [-0.15, -0.1) is 0 Å². The van der Waals surface area contributed by atoms with E-state index in [4.69, 9.17) is 6.11 Å². The number of hydrogen-bond donors (Lipinski definition) is 1. The minimum absolute atomic E-state index is 0. The Morgan fingerprint density at radius 3 is 2.03 bits per heavy atom. The smallest absolute Gasteiger partial charge is 0.419 e. The minimum atomic E-state index is -1.00. The van der Waals surface area contributed by atoms with Crippen LogP contribution < -0.4 is 24.0 Å². The van der Waals surface area contributed by atoms with Gasteiger partial charge in [0.1, 0.15) is 5.60 Å². The molecule has 6 aromatic rings. The highest BCUT2D eigenvalue weighted by Crippen LogP contribution is 2.35. The van der Waals surface area contributed by atoms with Gasteiger partial charge in [-0.2, -0.15) is 0 Å². The molecular weight excluding hydrogens is 726 g/mol. The van der Waals surface area contributed by atoms with Crippen molar-refractivity contribution in [2.24, 2.45) is 0 Å². The molecule has 0 aliphatic carbocycles. The highest BCUT2D eigenvalue weighted by molar-refractivity contribution is 9.11. The van der Waals surface area contributed by atoms with Crippen LogP contribution in [0.1, 0.15) is 22.1 Å². The maximum absolute atomic E-state index is 12.6. The molecule has 2 aromatic heterocycles. The van der Waals surface area contributed by atoms with Crippen LogP contribution >= 0.6 is 31.9 Å². The van der Waals surface area contributed by atoms with Gasteiger partial charge in [-0.05, 0) is 57.2 Å². The SMILES string of the molecule is Brc1cccc2[nH]c3ccccc3c12.CC(C)(C)OC(=O)n1c2ccccc2c2c(Br)cccc21.[2H]CF.[I-]. The summed E-state index contributed by atoms with van der Waals surface area (Å²) in [5, 5.41) is 4.60. The normalized spacial score (nSPS) is 11.3. The summed E-state index contributed by atoms with van der Waals surface area (Å²) in [6.07, 6.45) is -0.355. The maximum atomic E-state index is 12.6. The summed E-state index contributed by atoms with van der Waals surface area (Å²) in [5.74, 6) is 0. The molecule has 198 valence electrons. The van der Waals surface area contributed by atoms with E-state index in [1.54, 1.807) is 4.57 Å². The Bertz CT molecular complexity index is 1740. The van der Waals surface area contributed by atoms with Crippen LogP contribution in [0.3, 0.4) is 0 Å². The van der Waals surface area contributed by atoms with E-state index >= 15 is 0 Å². The third-order valence-electron chi connectivity index (χ3n) is 5.70. The highest BCUT2D eigenvalue weighted by atomic mass is 127. The van der Waals surface area contributed by atoms with Crippen LogP contribution in [0, 0.1) is 0 Å². The van der Waals surface area contributed by atoms with E-state index in [-0.39, 0.29) is 30.1 Å². The van der Waals surface area contributed by atoms with Crippen molar-refractivity contribution in [1.82, 2.24) is 9.55 Å². The summed E-state index contributed by atoms with van der Waals surface area (Å²) >= 11 is 7.15. The van der Waals surface area contributed by atoms with E-state index in [9.17, 15) is 9.18 Å². The summed E-state index contributed by atoms with van der Waals surface area (Å²) in [4.78, 5) is 16.0. The van der Waals surface area contributed by atoms with E-state index in [1.807, 2.05) is 75.4 Å². The van der Waals surface area contributed by atoms with Crippen LogP contribution in [-0.2, 0) is 4.74 Å². The van der Waals surface area contributed by atoms with Crippen molar-refractivity contribution in [1.29, 1.82) is 0 Å². The summed E-state index contributed by atoms with van der Waals surface area (Å²) in [6.45, 7) is 5.61. The van der Waals surface area contributed by atoms with Crippen molar-refractivity contribution >= 4 is 81.6 Å². The first-order valence-corrected chi connectivity index (χ1v) is 13.2. The lowest BCUT2D eigenvalue weighted by molar-refractivity contribution is -0.0000285. The van der Waals surface area contributed by atoms with Crippen molar-refractivity contribution in [3.05, 3.63) is 93.9 Å². The first-order chi connectivity index (χ1) is 18.2. The van der Waals surface area contributed by atoms with E-state index in [0.717, 1.165) is 30.8 Å². The molecule has 0 amide bonds. The van der Waals surface area contributed by atoms with E-state index < -0.39 is 12.8 Å². The fraction of sp³-hybridized carbons (Fsp3) is 0.167. The third-order valence-corrected chi connectivity index (χ3v) is 7.02. The van der Waals surface area contributed by atoms with Crippen LogP contribution in [0.15, 0.2) is 93.9 Å². The average Bonchev–Trinajstić information content (AvgIpc) is 3.41. The number of alkyl halides is 1. The van der Waals surface area contributed by atoms with Gasteiger partial charge in [0.2, 0.25) is 0 Å². The molecule has 0 bridgehead atoms. The molecule has 8 heteroatoms. The van der Waals surface area contributed by atoms with Gasteiger partial charge in [0, 0.05) is 41.5 Å². The Morgan fingerprint density at radius 1 is 0.816 bits per heavy atom. The van der Waals surface area contributed by atoms with Crippen LogP contribution in [0.25, 0.3) is 43.6 Å². The van der Waals surface area contributed by atoms with Gasteiger partial charge in [-0.3, -0.25) is 4.39 Å². The van der Waals surface area contributed by atoms with Gasteiger partial charge < -0.3 is 33.7 Å². The summed E-state index contributed by atoms with van der Waals surface area (Å²) in [6, 6.07) is 28.3. The second-order valence-electron chi connectivity index (χ2n) is 9.30. The number of hydrogen-bond acceptors (Lipinski definition) is 2. The number of carbonyl (C=O) groups is 1. The first kappa shape index (κ1) is 28.6. The number of fused-ring (bicyclic) bond motifs is 6. The lowest BCUT2D eigenvalue weighted by Crippen LogP contribution is -3.00. The monoisotopic (exact) mass is 752 g/mol. The molecule has 4 aromatic carbocycles. The highest BCUT2D eigenvalue weighted by Gasteiger charge is 2.22. The Labute approximate surface area is 256 Å². The van der Waals surface area contributed by atoms with Gasteiger partial charge >= 0.3 is 6.09 Å². The van der Waals surface area contributed by atoms with E-state index in [2.05, 4.69) is 67.2 Å². The zero-order valence-corrected chi connectivity index (χ0v) is 26.4. The molecule has 4 nitrogen and oxygen atoms in total. The number of benzene rings is 4. The minimum Gasteiger partial charge on any atom is -1.00 e. The summed E-state index contributed by atoms with van der Waals surface area (Å²) in [5.41, 5.74) is 3.55. The number of H-pyrrole nitrogens is 1. The molecule has 0 spiro atoms. The predicted octanol–water partition coefficient (Wildman–Crippen LogP) is 7.01. The average molecular weight is 754 g/mol. The van der Waals surface area contributed by atoms with E-state index in [0.29, 0.717) is 0 Å². The fourth-order valence-electron chi connectivity index (χ4n) is 4.34. The number of carbonyl (C=O) groups excluding carboxylic acids is 1. The molecule has 0 radical (unpaired) electrons. The lowest BCUT2D eigenvalue weighted by atomic mass is 10.2. The van der Waals surface area contributed by atoms with Gasteiger partial charge in [0.25, 0.3) is 0 Å². The Kier molecular flexibility index (Phi) is 9.49. The van der Waals surface area contributed by atoms with Crippen molar-refractivity contribution < 1.29 is 39.3 Å². The van der Waals surface area contributed by atoms with Gasteiger partial charge in [0.05, 0.1) is 19.6 Å². The lowest BCUT2D eigenvalue weighted by Gasteiger charge is -2.20. The molecular formula is C30H27Br2FIN2O2-. The number of aromatic amines is 1. The molecule has 38 heavy (non-hydrogen) atoms. The summed E-state index contributed by atoms with van der Waals surface area (Å²) in [7, 11) is -1.00. The molecule has 0 saturated carbocycles. The molecule has 0 unspecified atom stereocenters. The Hall–Kier alpha value is -2.43. The van der Waals surface area contributed by atoms with Crippen LogP contribution in [-0.4, -0.2) is 28.4 Å². The molecule has 6 rings (SSSR count). The quantitative estimate of drug-likeness (QED) is 0.170. The van der Waals surface area contributed by atoms with Gasteiger partial charge in [-0.25, -0.2) is 9.36 Å². The molecule has 0 fully saturated rings. The predicted molar refractivity (Wildman–Crippen MR) is 159 cm³/mol. The molecule has 2 heterocycles. The van der Waals surface area contributed by atoms with Crippen LogP contribution in [0.5, 0.6) is 0 Å². The van der Waals surface area contributed by atoms with Crippen molar-refractivity contribution in [2.75, 3.05) is 7.15 Å². The Balaban J connectivity index is 0.000000202. The number of ether oxygens (including phenoxy) is 1. The molecule has 0 aliphatic rings. The molecule has 0 atom stereocenters. The van der Waals surface area contributed by atoms with Gasteiger partial charge in [-0.1, -0.05) is 80.4 Å². The number of rotatable bonds is 0. The summed E-state index contributed by atoms with van der Waals surface area (Å²) < 4.78 is 24.8. The van der Waals surface area contributed by atoms with Crippen molar-refractivity contribution in [3.63, 3.8) is 0 Å². The fourth-order valence-corrected chi connectivity index (χ4v) is 5.49. The maximum Gasteiger partial charge on any atom is 0.419 e. The largest absolute Gasteiger partial charge is 1.00 e. The number of halogens is 4. The molecule has 1 N–H and O–H groups in total. The number of aromatic nitrogens is 2. The number of nitrogens with one attached hydrogen (secondary N) is 1. The van der Waals surface area contributed by atoms with E-state index in [1.165, 1.54) is 21.8 Å². The third kappa shape index (κ3) is 6.07. The zero-order valence-electron chi connectivity index (χ0n) is 22.1. The Morgan fingerprint density at radius 2 is 1.34 bits per heavy atom. The topological polar surface area (TPSA) is 47.0 Å². The van der Waals surface area contributed by atoms with Crippen LogP contribution in [0.4, 0.5) is 9.18 Å². The second-order valence-corrected chi connectivity index (χ2v) is 11.0. The standard InChI is InChI=1S/C17H16BrNO2.C12H8BrN.CH3F.HI/c1-17(2,3)21-16(20)19-13-9-5-4-7-11(13)15-12(18)8-6-10-14(15)19;13-9-5-3-7-11-12(9)8-4-1-2-6-10(8)14-11;1-2;/h4-10H,1-3H3;1-7,14H;1H3;1H/p-1/i;;1D;. The van der Waals surface area contributed by atoms with Crippen LogP contribution in [0.2, 0.25) is 0 Å². The first-order valence-electron chi connectivity index (χ1n) is 12.3.